The molecule has 342 valence electrons. The van der Waals surface area contributed by atoms with E-state index in [9.17, 15) is 13.0 Å². The third-order valence-electron chi connectivity index (χ3n) is 12.4. The van der Waals surface area contributed by atoms with Crippen LogP contribution in [-0.4, -0.2) is 46.0 Å². The van der Waals surface area contributed by atoms with Gasteiger partial charge < -0.3 is 33.3 Å². The molecule has 0 unspecified atom stereocenters. The fourth-order valence-electron chi connectivity index (χ4n) is 8.85. The highest BCUT2D eigenvalue weighted by molar-refractivity contribution is 7.85. The van der Waals surface area contributed by atoms with E-state index in [2.05, 4.69) is 99.3 Å². The number of rotatable bonds is 14. The minimum Gasteiger partial charge on any atom is -0.497 e. The molecule has 0 aliphatic heterocycles. The lowest BCUT2D eigenvalue weighted by atomic mass is 10.0. The molecule has 1 aromatic heterocycles. The van der Waals surface area contributed by atoms with Crippen molar-refractivity contribution in [3.05, 3.63) is 206 Å². The molecule has 0 amide bonds. The Bertz CT molecular complexity index is 3230. The van der Waals surface area contributed by atoms with Crippen LogP contribution in [0.4, 0.5) is 34.1 Å². The van der Waals surface area contributed by atoms with E-state index < -0.39 is 10.1 Å². The molecule has 0 saturated heterocycles. The van der Waals surface area contributed by atoms with Gasteiger partial charge in [0.25, 0.3) is 10.1 Å². The zero-order chi connectivity index (χ0) is 47.6. The predicted octanol–water partition coefficient (Wildman–Crippen LogP) is 14.3. The van der Waals surface area contributed by atoms with Crippen LogP contribution in [0, 0.1) is 0 Å². The third kappa shape index (κ3) is 8.80. The van der Waals surface area contributed by atoms with Gasteiger partial charge in [-0.3, -0.25) is 4.55 Å². The Kier molecular flexibility index (Phi) is 12.0. The van der Waals surface area contributed by atoms with Gasteiger partial charge in [0.05, 0.1) is 44.4 Å². The van der Waals surface area contributed by atoms with Crippen LogP contribution in [0.25, 0.3) is 49.7 Å². The molecule has 1 heterocycles. The molecule has 0 aliphatic rings. The van der Waals surface area contributed by atoms with Crippen LogP contribution in [-0.2, 0) is 10.1 Å². The van der Waals surface area contributed by atoms with Gasteiger partial charge in [-0.25, -0.2) is 0 Å². The van der Waals surface area contributed by atoms with Crippen LogP contribution in [0.15, 0.2) is 211 Å². The molecule has 0 aliphatic carbocycles. The Labute approximate surface area is 401 Å². The van der Waals surface area contributed by atoms with Crippen molar-refractivity contribution in [3.63, 3.8) is 0 Å². The van der Waals surface area contributed by atoms with E-state index in [0.29, 0.717) is 0 Å². The Morgan fingerprint density at radius 2 is 0.638 bits per heavy atom. The van der Waals surface area contributed by atoms with E-state index in [-0.39, 0.29) is 4.90 Å². The smallest absolute Gasteiger partial charge is 0.294 e. The van der Waals surface area contributed by atoms with Crippen molar-refractivity contribution in [3.8, 4) is 50.9 Å². The standard InChI is InChI=1S/C58H47N3O7S/c1-65-50-25-15-45(16-26-50)59(46-17-27-51(66-2)28-18-46)43-11-5-39(6-12-43)41-9-35-55-56-36-10-42(38-58(56)61(57(55)37-41)49-23-33-54(34-24-49)69(62,63)64)40-7-13-44(14-8-40)60(47-19-29-52(67-3)30-20-47)48-21-31-53(68-4)32-22-48/h5-38H,1-4H3,(H,62,63,64). The summed E-state index contributed by atoms with van der Waals surface area (Å²) in [6, 6.07) is 68.1. The van der Waals surface area contributed by atoms with Gasteiger partial charge in [0.2, 0.25) is 0 Å². The summed E-state index contributed by atoms with van der Waals surface area (Å²) in [7, 11) is 2.23. The quantitative estimate of drug-likeness (QED) is 0.107. The van der Waals surface area contributed by atoms with Crippen molar-refractivity contribution in [1.29, 1.82) is 0 Å². The number of aromatic nitrogens is 1. The minimum absolute atomic E-state index is 0.176. The first kappa shape index (κ1) is 44.3. The van der Waals surface area contributed by atoms with Crippen molar-refractivity contribution in [2.45, 2.75) is 4.90 Å². The number of benzene rings is 9. The minimum atomic E-state index is -4.40. The number of fused-ring (bicyclic) bond motifs is 3. The Balaban J connectivity index is 1.05. The van der Waals surface area contributed by atoms with Gasteiger partial charge in [-0.15, -0.1) is 0 Å². The van der Waals surface area contributed by atoms with Gasteiger partial charge in [-0.1, -0.05) is 48.5 Å². The van der Waals surface area contributed by atoms with Crippen LogP contribution in [0.1, 0.15) is 0 Å². The molecule has 10 nitrogen and oxygen atoms in total. The summed E-state index contributed by atoms with van der Waals surface area (Å²) in [6.07, 6.45) is 0. The predicted molar refractivity (Wildman–Crippen MR) is 277 cm³/mol. The maximum Gasteiger partial charge on any atom is 0.294 e. The van der Waals surface area contributed by atoms with Crippen LogP contribution in [0.2, 0.25) is 0 Å². The molecule has 0 spiro atoms. The van der Waals surface area contributed by atoms with Crippen molar-refractivity contribution < 1.29 is 31.9 Å². The van der Waals surface area contributed by atoms with Crippen LogP contribution in [0.3, 0.4) is 0 Å². The summed E-state index contributed by atoms with van der Waals surface area (Å²) in [5.41, 5.74) is 12.5. The lowest BCUT2D eigenvalue weighted by Crippen LogP contribution is -2.09. The highest BCUT2D eigenvalue weighted by Crippen LogP contribution is 2.41. The largest absolute Gasteiger partial charge is 0.497 e. The average Bonchev–Trinajstić information content (AvgIpc) is 3.72. The number of anilines is 6. The van der Waals surface area contributed by atoms with E-state index in [0.717, 1.165) is 107 Å². The van der Waals surface area contributed by atoms with Crippen LogP contribution < -0.4 is 28.7 Å². The first-order valence-electron chi connectivity index (χ1n) is 22.2. The second-order valence-electron chi connectivity index (χ2n) is 16.3. The summed E-state index contributed by atoms with van der Waals surface area (Å²) in [5.74, 6) is 3.09. The first-order valence-corrected chi connectivity index (χ1v) is 23.6. The molecule has 0 saturated carbocycles. The van der Waals surface area contributed by atoms with Gasteiger partial charge in [0.15, 0.2) is 0 Å². The van der Waals surface area contributed by atoms with E-state index in [1.165, 1.54) is 12.1 Å². The number of hydrogen-bond donors (Lipinski definition) is 1. The molecule has 10 rings (SSSR count). The summed E-state index contributed by atoms with van der Waals surface area (Å²) < 4.78 is 58.1. The van der Waals surface area contributed by atoms with Crippen LogP contribution in [0.5, 0.6) is 23.0 Å². The number of nitrogens with zero attached hydrogens (tertiary/aromatic N) is 3. The van der Waals surface area contributed by atoms with Gasteiger partial charge in [-0.2, -0.15) is 8.42 Å². The molecule has 0 fully saturated rings. The first-order chi connectivity index (χ1) is 33.6. The molecule has 0 radical (unpaired) electrons. The maximum atomic E-state index is 12.1. The zero-order valence-electron chi connectivity index (χ0n) is 38.3. The van der Waals surface area contributed by atoms with Crippen molar-refractivity contribution in [2.24, 2.45) is 0 Å². The molecule has 0 atom stereocenters. The second kappa shape index (κ2) is 18.6. The van der Waals surface area contributed by atoms with E-state index >= 15 is 0 Å². The number of ether oxygens (including phenoxy) is 4. The highest BCUT2D eigenvalue weighted by atomic mass is 32.2. The lowest BCUT2D eigenvalue weighted by molar-refractivity contribution is 0.414. The lowest BCUT2D eigenvalue weighted by Gasteiger charge is -2.26. The number of hydrogen-bond acceptors (Lipinski definition) is 8. The van der Waals surface area contributed by atoms with Crippen molar-refractivity contribution in [2.75, 3.05) is 38.2 Å². The van der Waals surface area contributed by atoms with Gasteiger partial charge >= 0.3 is 0 Å². The highest BCUT2D eigenvalue weighted by Gasteiger charge is 2.19. The Morgan fingerprint density at radius 3 is 0.913 bits per heavy atom. The molecular weight excluding hydrogens is 883 g/mol. The zero-order valence-corrected chi connectivity index (χ0v) is 39.1. The molecule has 0 bridgehead atoms. The maximum absolute atomic E-state index is 12.1. The summed E-state index contributed by atoms with van der Waals surface area (Å²) in [6.45, 7) is 0. The second-order valence-corrected chi connectivity index (χ2v) is 17.7. The third-order valence-corrected chi connectivity index (χ3v) is 13.3. The Hall–Kier alpha value is -8.51. The molecule has 69 heavy (non-hydrogen) atoms. The van der Waals surface area contributed by atoms with Gasteiger partial charge in [0, 0.05) is 50.6 Å². The number of methoxy groups -OCH3 is 4. The fraction of sp³-hybridized carbons (Fsp3) is 0.0690. The Morgan fingerprint density at radius 1 is 0.362 bits per heavy atom. The van der Waals surface area contributed by atoms with Crippen LogP contribution >= 0.6 is 0 Å². The summed E-state index contributed by atoms with van der Waals surface area (Å²) in [5, 5.41) is 2.07. The molecule has 9 aromatic carbocycles. The topological polar surface area (TPSA) is 103 Å². The molecule has 1 N–H and O–H groups in total. The van der Waals surface area contributed by atoms with E-state index in [1.807, 2.05) is 97.1 Å². The van der Waals surface area contributed by atoms with Gasteiger partial charge in [-0.05, 0) is 180 Å². The average molecular weight is 930 g/mol. The summed E-state index contributed by atoms with van der Waals surface area (Å²) in [4.78, 5) is 4.19. The van der Waals surface area contributed by atoms with E-state index in [1.54, 1.807) is 40.6 Å². The van der Waals surface area contributed by atoms with Crippen molar-refractivity contribution >= 4 is 66.0 Å². The summed E-state index contributed by atoms with van der Waals surface area (Å²) >= 11 is 0. The fourth-order valence-corrected chi connectivity index (χ4v) is 9.33. The van der Waals surface area contributed by atoms with E-state index in [4.69, 9.17) is 18.9 Å². The normalized spacial score (nSPS) is 11.4. The molecule has 11 heteroatoms. The van der Waals surface area contributed by atoms with Crippen molar-refractivity contribution in [1.82, 2.24) is 4.57 Å². The monoisotopic (exact) mass is 929 g/mol. The van der Waals surface area contributed by atoms with Gasteiger partial charge in [0.1, 0.15) is 23.0 Å². The molecular formula is C58H47N3O7S. The molecule has 10 aromatic rings. The SMILES string of the molecule is COc1ccc(N(c2ccc(OC)cc2)c2ccc(-c3ccc4c5ccc(-c6ccc(N(c7ccc(OC)cc7)c7ccc(OC)cc7)cc6)cc5n(-c5ccc(S(=O)(=O)O)cc5)c4c3)cc2)cc1.